The SMILES string of the molecule is O=C(CN1CN(c2ccccc2)C2(CCN(C(=O)c3ccc4c(c3)CNN4)CC2)C1=O)N1CCN[C@H](C(F)(F)F)C1. The van der Waals surface area contributed by atoms with Crippen LogP contribution >= 0.6 is 0 Å². The first-order chi connectivity index (χ1) is 19.7. The maximum atomic E-state index is 14.0. The van der Waals surface area contributed by atoms with E-state index in [0.29, 0.717) is 38.0 Å². The summed E-state index contributed by atoms with van der Waals surface area (Å²) in [6.07, 6.45) is -3.72. The molecule has 2 aromatic carbocycles. The summed E-state index contributed by atoms with van der Waals surface area (Å²) in [5, 5.41) is 2.41. The van der Waals surface area contributed by atoms with Gasteiger partial charge in [0.15, 0.2) is 0 Å². The van der Waals surface area contributed by atoms with Gasteiger partial charge in [0.05, 0.1) is 12.4 Å². The molecule has 0 radical (unpaired) electrons. The molecule has 218 valence electrons. The van der Waals surface area contributed by atoms with Crippen molar-refractivity contribution in [1.29, 1.82) is 0 Å². The van der Waals surface area contributed by atoms with Gasteiger partial charge in [-0.25, -0.2) is 5.43 Å². The number of anilines is 2. The third kappa shape index (κ3) is 5.08. The Bertz CT molecular complexity index is 1330. The predicted octanol–water partition coefficient (Wildman–Crippen LogP) is 1.76. The number of carbonyl (C=O) groups excluding carboxylic acids is 3. The summed E-state index contributed by atoms with van der Waals surface area (Å²) < 4.78 is 39.8. The summed E-state index contributed by atoms with van der Waals surface area (Å²) in [7, 11) is 0. The lowest BCUT2D eigenvalue weighted by molar-refractivity contribution is -0.168. The molecule has 0 unspecified atom stereocenters. The number of alkyl halides is 3. The third-order valence-electron chi connectivity index (χ3n) is 8.56. The van der Waals surface area contributed by atoms with Gasteiger partial charge >= 0.3 is 6.18 Å². The zero-order chi connectivity index (χ0) is 28.8. The number of piperazine rings is 1. The summed E-state index contributed by atoms with van der Waals surface area (Å²) >= 11 is 0. The molecule has 10 nitrogen and oxygen atoms in total. The minimum Gasteiger partial charge on any atom is -0.339 e. The van der Waals surface area contributed by atoms with Crippen LogP contribution in [0.4, 0.5) is 24.5 Å². The molecule has 3 saturated heterocycles. The van der Waals surface area contributed by atoms with Gasteiger partial charge in [-0.15, -0.1) is 0 Å². The molecule has 13 heteroatoms. The number of hydrogen-bond acceptors (Lipinski definition) is 7. The molecule has 1 spiro atoms. The summed E-state index contributed by atoms with van der Waals surface area (Å²) in [4.78, 5) is 46.8. The van der Waals surface area contributed by atoms with Crippen molar-refractivity contribution in [2.45, 2.75) is 37.1 Å². The van der Waals surface area contributed by atoms with E-state index in [1.54, 1.807) is 11.0 Å². The number of likely N-dealkylation sites (tertiary alicyclic amines) is 1. The quantitative estimate of drug-likeness (QED) is 0.515. The lowest BCUT2D eigenvalue weighted by atomic mass is 9.85. The Balaban J connectivity index is 1.18. The molecule has 1 atom stereocenters. The first-order valence-electron chi connectivity index (χ1n) is 13.8. The van der Waals surface area contributed by atoms with Crippen molar-refractivity contribution < 1.29 is 27.6 Å². The average molecular weight is 572 g/mol. The number of carbonyl (C=O) groups is 3. The Morgan fingerprint density at radius 1 is 1.00 bits per heavy atom. The van der Waals surface area contributed by atoms with Crippen molar-refractivity contribution in [1.82, 2.24) is 25.4 Å². The van der Waals surface area contributed by atoms with Crippen LogP contribution in [0.3, 0.4) is 0 Å². The number of rotatable bonds is 4. The zero-order valence-electron chi connectivity index (χ0n) is 22.4. The van der Waals surface area contributed by atoms with Gasteiger partial charge in [0.25, 0.3) is 11.8 Å². The molecule has 0 bridgehead atoms. The summed E-state index contributed by atoms with van der Waals surface area (Å²) in [5.74, 6) is -0.845. The molecular formula is C28H32F3N7O3. The van der Waals surface area contributed by atoms with E-state index in [0.717, 1.165) is 16.9 Å². The van der Waals surface area contributed by atoms with Crippen LogP contribution in [0, 0.1) is 0 Å². The van der Waals surface area contributed by atoms with Crippen molar-refractivity contribution >= 4 is 29.1 Å². The summed E-state index contributed by atoms with van der Waals surface area (Å²) in [6.45, 7) is 0.875. The summed E-state index contributed by atoms with van der Waals surface area (Å²) in [5.41, 5.74) is 8.48. The summed E-state index contributed by atoms with van der Waals surface area (Å²) in [6, 6.07) is 13.2. The number of hydrogen-bond donors (Lipinski definition) is 3. The number of amides is 3. The Kier molecular flexibility index (Phi) is 7.02. The standard InChI is InChI=1S/C28H32F3N7O3/c29-28(30,31)23-16-36(13-10-32-23)24(39)17-37-18-38(21-4-2-1-3-5-21)27(26(37)41)8-11-35(12-9-27)25(40)19-6-7-22-20(14-19)15-33-34-22/h1-7,14,23,32-34H,8-13,15-18H2/t23-/m0/s1. The highest BCUT2D eigenvalue weighted by Crippen LogP contribution is 2.40. The van der Waals surface area contributed by atoms with Crippen molar-refractivity contribution in [3.8, 4) is 0 Å². The number of piperidine rings is 1. The van der Waals surface area contributed by atoms with E-state index in [4.69, 9.17) is 0 Å². The first kappa shape index (κ1) is 27.3. The number of fused-ring (bicyclic) bond motifs is 1. The Morgan fingerprint density at radius 2 is 1.76 bits per heavy atom. The predicted molar refractivity (Wildman–Crippen MR) is 145 cm³/mol. The highest BCUT2D eigenvalue weighted by atomic mass is 19.4. The van der Waals surface area contributed by atoms with Gasteiger partial charge in [0.1, 0.15) is 18.1 Å². The monoisotopic (exact) mass is 571 g/mol. The van der Waals surface area contributed by atoms with Gasteiger partial charge < -0.3 is 30.3 Å². The first-order valence-corrected chi connectivity index (χ1v) is 13.8. The van der Waals surface area contributed by atoms with Gasteiger partial charge in [0.2, 0.25) is 5.91 Å². The highest BCUT2D eigenvalue weighted by molar-refractivity contribution is 5.98. The Morgan fingerprint density at radius 3 is 2.49 bits per heavy atom. The second-order valence-corrected chi connectivity index (χ2v) is 11.0. The number of para-hydroxylation sites is 1. The number of benzene rings is 2. The Hall–Kier alpha value is -3.84. The van der Waals surface area contributed by atoms with Gasteiger partial charge in [0, 0.05) is 50.5 Å². The van der Waals surface area contributed by atoms with E-state index in [-0.39, 0.29) is 38.1 Å². The van der Waals surface area contributed by atoms with Crippen LogP contribution in [-0.2, 0) is 16.1 Å². The number of nitrogens with zero attached hydrogens (tertiary/aromatic N) is 4. The largest absolute Gasteiger partial charge is 0.405 e. The minimum atomic E-state index is -4.46. The van der Waals surface area contributed by atoms with Crippen LogP contribution in [0.5, 0.6) is 0 Å². The van der Waals surface area contributed by atoms with Crippen molar-refractivity contribution in [3.63, 3.8) is 0 Å². The molecule has 3 amide bonds. The highest BCUT2D eigenvalue weighted by Gasteiger charge is 2.54. The second-order valence-electron chi connectivity index (χ2n) is 11.0. The maximum absolute atomic E-state index is 14.0. The molecular weight excluding hydrogens is 539 g/mol. The van der Waals surface area contributed by atoms with Crippen molar-refractivity contribution in [2.24, 2.45) is 0 Å². The Labute approximate surface area is 235 Å². The van der Waals surface area contributed by atoms with Crippen LogP contribution in [-0.4, -0.2) is 96.1 Å². The molecule has 3 N–H and O–H groups in total. The average Bonchev–Trinajstić information content (AvgIpc) is 3.56. The molecule has 3 fully saturated rings. The molecule has 4 aliphatic rings. The van der Waals surface area contributed by atoms with Crippen LogP contribution < -0.4 is 21.1 Å². The van der Waals surface area contributed by atoms with E-state index in [9.17, 15) is 27.6 Å². The van der Waals surface area contributed by atoms with E-state index in [1.807, 2.05) is 47.4 Å². The van der Waals surface area contributed by atoms with Gasteiger partial charge in [-0.2, -0.15) is 13.2 Å². The van der Waals surface area contributed by atoms with E-state index in [1.165, 1.54) is 9.80 Å². The van der Waals surface area contributed by atoms with E-state index < -0.39 is 30.2 Å². The molecule has 41 heavy (non-hydrogen) atoms. The molecule has 6 rings (SSSR count). The van der Waals surface area contributed by atoms with Gasteiger partial charge in [-0.05, 0) is 48.7 Å². The zero-order valence-corrected chi connectivity index (χ0v) is 22.4. The molecule has 4 heterocycles. The molecule has 0 aliphatic carbocycles. The van der Waals surface area contributed by atoms with Crippen LogP contribution in [0.1, 0.15) is 28.8 Å². The van der Waals surface area contributed by atoms with Crippen molar-refractivity contribution in [3.05, 3.63) is 59.7 Å². The second kappa shape index (κ2) is 10.5. The van der Waals surface area contributed by atoms with Gasteiger partial charge in [-0.1, -0.05) is 18.2 Å². The van der Waals surface area contributed by atoms with E-state index >= 15 is 0 Å². The third-order valence-corrected chi connectivity index (χ3v) is 8.56. The number of hydrazine groups is 1. The number of halogens is 3. The smallest absolute Gasteiger partial charge is 0.339 e. The van der Waals surface area contributed by atoms with Crippen LogP contribution in [0.15, 0.2) is 48.5 Å². The molecule has 0 aromatic heterocycles. The fourth-order valence-corrected chi connectivity index (χ4v) is 6.27. The van der Waals surface area contributed by atoms with Crippen LogP contribution in [0.25, 0.3) is 0 Å². The van der Waals surface area contributed by atoms with E-state index in [2.05, 4.69) is 16.2 Å². The van der Waals surface area contributed by atoms with Crippen LogP contribution in [0.2, 0.25) is 0 Å². The topological polar surface area (TPSA) is 100 Å². The minimum absolute atomic E-state index is 0.0328. The van der Waals surface area contributed by atoms with Crippen molar-refractivity contribution in [2.75, 3.05) is 56.3 Å². The fraction of sp³-hybridized carbons (Fsp3) is 0.464. The lowest BCUT2D eigenvalue weighted by Gasteiger charge is -2.43. The fourth-order valence-electron chi connectivity index (χ4n) is 6.27. The molecule has 0 saturated carbocycles. The lowest BCUT2D eigenvalue weighted by Crippen LogP contribution is -2.59. The molecule has 4 aliphatic heterocycles. The van der Waals surface area contributed by atoms with Gasteiger partial charge in [-0.3, -0.25) is 14.4 Å². The molecule has 2 aromatic rings. The maximum Gasteiger partial charge on any atom is 0.405 e. The normalized spacial score (nSPS) is 22.2. The number of nitrogens with one attached hydrogen (secondary N) is 3.